The highest BCUT2D eigenvalue weighted by molar-refractivity contribution is 6.30. The van der Waals surface area contributed by atoms with Gasteiger partial charge in [0.25, 0.3) is 0 Å². The Kier molecular flexibility index (Phi) is 5.05. The van der Waals surface area contributed by atoms with Crippen LogP contribution in [0.3, 0.4) is 0 Å². The van der Waals surface area contributed by atoms with Crippen LogP contribution in [0.1, 0.15) is 22.5 Å². The van der Waals surface area contributed by atoms with Gasteiger partial charge in [0.1, 0.15) is 23.9 Å². The van der Waals surface area contributed by atoms with Gasteiger partial charge in [-0.1, -0.05) is 23.7 Å². The Labute approximate surface area is 168 Å². The van der Waals surface area contributed by atoms with E-state index in [-0.39, 0.29) is 5.82 Å². The van der Waals surface area contributed by atoms with Gasteiger partial charge in [-0.05, 0) is 67.4 Å². The van der Waals surface area contributed by atoms with Crippen molar-refractivity contribution in [3.8, 4) is 5.75 Å². The molecule has 4 rings (SSSR count). The summed E-state index contributed by atoms with van der Waals surface area (Å²) in [5.74, 6) is 0.515. The molecule has 3 nitrogen and oxygen atoms in total. The third-order valence-corrected chi connectivity index (χ3v) is 5.32. The number of hydrogen-bond acceptors (Lipinski definition) is 2. The van der Waals surface area contributed by atoms with Crippen molar-refractivity contribution in [1.82, 2.24) is 9.55 Å². The number of fused-ring (bicyclic) bond motifs is 1. The lowest BCUT2D eigenvalue weighted by Gasteiger charge is -2.12. The Morgan fingerprint density at radius 2 is 1.71 bits per heavy atom. The zero-order valence-corrected chi connectivity index (χ0v) is 16.5. The Hall–Kier alpha value is -2.85. The lowest BCUT2D eigenvalue weighted by molar-refractivity contribution is 0.302. The summed E-state index contributed by atoms with van der Waals surface area (Å²) in [6.45, 7) is 5.22. The smallest absolute Gasteiger partial charge is 0.132 e. The molecule has 0 unspecified atom stereocenters. The van der Waals surface area contributed by atoms with Crippen LogP contribution >= 0.6 is 11.6 Å². The van der Waals surface area contributed by atoms with E-state index in [1.807, 2.05) is 36.5 Å². The van der Waals surface area contributed by atoms with E-state index in [2.05, 4.69) is 23.4 Å². The molecule has 0 aliphatic heterocycles. The SMILES string of the molecule is Cc1c(C)n(Cc2ccc(F)cc2)c2c(COc3ccc(Cl)cc3)nccc12. The maximum atomic E-state index is 13.3. The third kappa shape index (κ3) is 3.60. The molecule has 0 aliphatic carbocycles. The molecule has 2 heterocycles. The number of halogens is 2. The van der Waals surface area contributed by atoms with Crippen LogP contribution in [0.25, 0.3) is 10.9 Å². The van der Waals surface area contributed by atoms with E-state index in [0.29, 0.717) is 18.2 Å². The molecule has 0 bridgehead atoms. The van der Waals surface area contributed by atoms with Crippen molar-refractivity contribution < 1.29 is 9.13 Å². The van der Waals surface area contributed by atoms with Crippen molar-refractivity contribution in [2.75, 3.05) is 0 Å². The number of rotatable bonds is 5. The van der Waals surface area contributed by atoms with Crippen molar-refractivity contribution in [1.29, 1.82) is 0 Å². The van der Waals surface area contributed by atoms with Crippen molar-refractivity contribution >= 4 is 22.5 Å². The van der Waals surface area contributed by atoms with E-state index in [9.17, 15) is 4.39 Å². The fraction of sp³-hybridized carbons (Fsp3) is 0.174. The molecule has 0 atom stereocenters. The number of benzene rings is 2. The zero-order chi connectivity index (χ0) is 19.7. The first-order chi connectivity index (χ1) is 13.5. The van der Waals surface area contributed by atoms with E-state index in [4.69, 9.17) is 16.3 Å². The molecule has 2 aromatic carbocycles. The first kappa shape index (κ1) is 18.5. The molecule has 28 heavy (non-hydrogen) atoms. The predicted octanol–water partition coefficient (Wildman–Crippen LogP) is 6.07. The maximum Gasteiger partial charge on any atom is 0.132 e. The Morgan fingerprint density at radius 1 is 1.00 bits per heavy atom. The normalized spacial score (nSPS) is 11.1. The summed E-state index contributed by atoms with van der Waals surface area (Å²) < 4.78 is 21.4. The molecule has 0 N–H and O–H groups in total. The van der Waals surface area contributed by atoms with Gasteiger partial charge in [-0.3, -0.25) is 4.98 Å². The largest absolute Gasteiger partial charge is 0.487 e. The lowest BCUT2D eigenvalue weighted by Crippen LogP contribution is -2.06. The minimum absolute atomic E-state index is 0.229. The molecule has 0 amide bonds. The van der Waals surface area contributed by atoms with Gasteiger partial charge in [-0.15, -0.1) is 0 Å². The number of aryl methyl sites for hydroxylation is 1. The predicted molar refractivity (Wildman–Crippen MR) is 110 cm³/mol. The highest BCUT2D eigenvalue weighted by Gasteiger charge is 2.16. The molecule has 0 saturated heterocycles. The average molecular weight is 395 g/mol. The standard InChI is InChI=1S/C23H20ClFN2O/c1-15-16(2)27(13-17-3-7-19(25)8-4-17)23-21(15)11-12-26-22(23)14-28-20-9-5-18(24)6-10-20/h3-12H,13-14H2,1-2H3. The molecule has 142 valence electrons. The summed E-state index contributed by atoms with van der Waals surface area (Å²) in [7, 11) is 0. The van der Waals surface area contributed by atoms with Gasteiger partial charge in [0.2, 0.25) is 0 Å². The Bertz CT molecular complexity index is 1120. The van der Waals surface area contributed by atoms with Gasteiger partial charge in [-0.2, -0.15) is 0 Å². The molecule has 0 radical (unpaired) electrons. The van der Waals surface area contributed by atoms with Crippen molar-refractivity contribution in [2.24, 2.45) is 0 Å². The van der Waals surface area contributed by atoms with Gasteiger partial charge < -0.3 is 9.30 Å². The van der Waals surface area contributed by atoms with Crippen LogP contribution < -0.4 is 4.74 Å². The van der Waals surface area contributed by atoms with Crippen LogP contribution in [0.5, 0.6) is 5.75 Å². The van der Waals surface area contributed by atoms with Crippen LogP contribution in [0, 0.1) is 19.7 Å². The zero-order valence-electron chi connectivity index (χ0n) is 15.7. The molecule has 5 heteroatoms. The quantitative estimate of drug-likeness (QED) is 0.410. The topological polar surface area (TPSA) is 27.1 Å². The van der Waals surface area contributed by atoms with Crippen molar-refractivity contribution in [3.05, 3.63) is 94.1 Å². The maximum absolute atomic E-state index is 13.3. The molecular weight excluding hydrogens is 375 g/mol. The van der Waals surface area contributed by atoms with Gasteiger partial charge in [0, 0.05) is 28.8 Å². The Balaban J connectivity index is 1.71. The summed E-state index contributed by atoms with van der Waals surface area (Å²) in [5, 5.41) is 1.83. The van der Waals surface area contributed by atoms with E-state index in [0.717, 1.165) is 27.9 Å². The van der Waals surface area contributed by atoms with Gasteiger partial charge in [-0.25, -0.2) is 4.39 Å². The first-order valence-electron chi connectivity index (χ1n) is 9.09. The van der Waals surface area contributed by atoms with Gasteiger partial charge >= 0.3 is 0 Å². The molecule has 0 spiro atoms. The number of nitrogens with zero attached hydrogens (tertiary/aromatic N) is 2. The molecular formula is C23H20ClFN2O. The molecule has 0 saturated carbocycles. The minimum atomic E-state index is -0.229. The summed E-state index contributed by atoms with van der Waals surface area (Å²) in [6.07, 6.45) is 1.82. The van der Waals surface area contributed by atoms with Crippen LogP contribution in [0.2, 0.25) is 5.02 Å². The second-order valence-electron chi connectivity index (χ2n) is 6.82. The minimum Gasteiger partial charge on any atom is -0.487 e. The monoisotopic (exact) mass is 394 g/mol. The molecule has 0 fully saturated rings. The average Bonchev–Trinajstić information content (AvgIpc) is 2.95. The summed E-state index contributed by atoms with van der Waals surface area (Å²) in [4.78, 5) is 4.58. The van der Waals surface area contributed by atoms with E-state index < -0.39 is 0 Å². The van der Waals surface area contributed by atoms with Crippen molar-refractivity contribution in [2.45, 2.75) is 27.0 Å². The molecule has 0 aliphatic rings. The highest BCUT2D eigenvalue weighted by atomic mass is 35.5. The summed E-state index contributed by atoms with van der Waals surface area (Å²) in [6, 6.07) is 15.9. The fourth-order valence-corrected chi connectivity index (χ4v) is 3.55. The number of ether oxygens (including phenoxy) is 1. The Morgan fingerprint density at radius 3 is 2.43 bits per heavy atom. The number of pyridine rings is 1. The fourth-order valence-electron chi connectivity index (χ4n) is 3.42. The van der Waals surface area contributed by atoms with Gasteiger partial charge in [0.15, 0.2) is 0 Å². The number of hydrogen-bond donors (Lipinski definition) is 0. The summed E-state index contributed by atoms with van der Waals surface area (Å²) in [5.41, 5.74) is 5.34. The first-order valence-corrected chi connectivity index (χ1v) is 9.47. The van der Waals surface area contributed by atoms with E-state index in [1.165, 1.54) is 23.4 Å². The highest BCUT2D eigenvalue weighted by Crippen LogP contribution is 2.29. The van der Waals surface area contributed by atoms with Crippen LogP contribution in [0.4, 0.5) is 4.39 Å². The van der Waals surface area contributed by atoms with E-state index in [1.54, 1.807) is 12.1 Å². The van der Waals surface area contributed by atoms with Crippen LogP contribution in [-0.2, 0) is 13.2 Å². The third-order valence-electron chi connectivity index (χ3n) is 5.06. The molecule has 2 aromatic heterocycles. The van der Waals surface area contributed by atoms with Crippen LogP contribution in [0.15, 0.2) is 60.8 Å². The van der Waals surface area contributed by atoms with Crippen LogP contribution in [-0.4, -0.2) is 9.55 Å². The lowest BCUT2D eigenvalue weighted by atomic mass is 10.2. The molecule has 4 aromatic rings. The summed E-state index contributed by atoms with van der Waals surface area (Å²) >= 11 is 5.94. The van der Waals surface area contributed by atoms with Crippen molar-refractivity contribution in [3.63, 3.8) is 0 Å². The van der Waals surface area contributed by atoms with Gasteiger partial charge in [0.05, 0.1) is 5.52 Å². The number of aromatic nitrogens is 2. The van der Waals surface area contributed by atoms with E-state index >= 15 is 0 Å². The second kappa shape index (κ2) is 7.64. The second-order valence-corrected chi connectivity index (χ2v) is 7.26.